The van der Waals surface area contributed by atoms with Crippen molar-refractivity contribution >= 4 is 46.6 Å². The van der Waals surface area contributed by atoms with E-state index < -0.39 is 40.2 Å². The van der Waals surface area contributed by atoms with E-state index in [1.807, 2.05) is 6.92 Å². The molecule has 0 aromatic heterocycles. The number of para-hydroxylation sites is 1. The Morgan fingerprint density at radius 3 is 2.52 bits per heavy atom. The molecule has 1 heterocycles. The number of benzene rings is 2. The minimum Gasteiger partial charge on any atom is -0.272 e. The number of carbonyl (C=O) groups is 3. The van der Waals surface area contributed by atoms with E-state index in [-0.39, 0.29) is 23.0 Å². The highest BCUT2D eigenvalue weighted by Crippen LogP contribution is 2.42. The lowest BCUT2D eigenvalue weighted by molar-refractivity contribution is -0.385. The third kappa shape index (κ3) is 4.32. The van der Waals surface area contributed by atoms with Crippen molar-refractivity contribution in [1.82, 2.24) is 10.0 Å². The van der Waals surface area contributed by atoms with E-state index in [0.717, 1.165) is 16.4 Å². The molecule has 0 bridgehead atoms. The minimum atomic E-state index is -0.832. The van der Waals surface area contributed by atoms with Crippen molar-refractivity contribution in [2.75, 3.05) is 0 Å². The van der Waals surface area contributed by atoms with Crippen molar-refractivity contribution in [3.8, 4) is 0 Å². The number of nitro groups is 1. The fourth-order valence-electron chi connectivity index (χ4n) is 4.61. The van der Waals surface area contributed by atoms with Crippen molar-refractivity contribution in [2.45, 2.75) is 32.7 Å². The zero-order chi connectivity index (χ0) is 23.9. The second kappa shape index (κ2) is 9.11. The third-order valence-corrected chi connectivity index (χ3v) is 6.89. The van der Waals surface area contributed by atoms with Gasteiger partial charge in [0.2, 0.25) is 0 Å². The molecule has 1 saturated heterocycles. The van der Waals surface area contributed by atoms with Crippen molar-refractivity contribution in [2.24, 2.45) is 17.8 Å². The van der Waals surface area contributed by atoms with Crippen molar-refractivity contribution in [1.29, 1.82) is 0 Å². The fourth-order valence-corrected chi connectivity index (χ4v) is 5.08. The summed E-state index contributed by atoms with van der Waals surface area (Å²) in [5.74, 6) is -2.49. The van der Waals surface area contributed by atoms with Gasteiger partial charge in [-0.05, 0) is 48.9 Å². The number of imide groups is 1. The van der Waals surface area contributed by atoms with Crippen LogP contribution in [0.4, 0.5) is 5.69 Å². The maximum atomic E-state index is 13.6. The molecule has 1 aliphatic heterocycles. The molecule has 0 spiro atoms. The molecule has 3 amide bonds. The van der Waals surface area contributed by atoms with E-state index >= 15 is 0 Å². The van der Waals surface area contributed by atoms with Crippen LogP contribution in [-0.2, 0) is 16.1 Å². The summed E-state index contributed by atoms with van der Waals surface area (Å²) in [5, 5.41) is 14.0. The van der Waals surface area contributed by atoms with Gasteiger partial charge >= 0.3 is 0 Å². The molecule has 172 valence electrons. The zero-order valence-corrected chi connectivity index (χ0v) is 19.3. The Balaban J connectivity index is 1.78. The van der Waals surface area contributed by atoms with E-state index in [1.54, 1.807) is 12.1 Å². The van der Waals surface area contributed by atoms with Gasteiger partial charge < -0.3 is 0 Å². The number of halogens is 2. The molecule has 0 N–H and O–H groups in total. The highest BCUT2D eigenvalue weighted by atomic mass is 35.5. The lowest BCUT2D eigenvalue weighted by atomic mass is 9.76. The Bertz CT molecular complexity index is 1150. The monoisotopic (exact) mass is 489 g/mol. The summed E-state index contributed by atoms with van der Waals surface area (Å²) in [6.07, 6.45) is 1.93. The number of hydrogen-bond donors (Lipinski definition) is 0. The van der Waals surface area contributed by atoms with Crippen molar-refractivity contribution in [3.05, 3.63) is 73.8 Å². The average molecular weight is 490 g/mol. The van der Waals surface area contributed by atoms with Gasteiger partial charge in [-0.15, -0.1) is 0 Å². The van der Waals surface area contributed by atoms with Crippen LogP contribution in [-0.4, -0.2) is 32.7 Å². The predicted octanol–water partition coefficient (Wildman–Crippen LogP) is 4.88. The van der Waals surface area contributed by atoms with Crippen molar-refractivity contribution < 1.29 is 19.3 Å². The summed E-state index contributed by atoms with van der Waals surface area (Å²) in [4.78, 5) is 51.1. The first kappa shape index (κ1) is 23.2. The number of hydrazine groups is 1. The van der Waals surface area contributed by atoms with Crippen LogP contribution in [0.1, 0.15) is 42.1 Å². The quantitative estimate of drug-likeness (QED) is 0.338. The number of nitro benzene ring substituents is 1. The van der Waals surface area contributed by atoms with Gasteiger partial charge in [0, 0.05) is 16.1 Å². The summed E-state index contributed by atoms with van der Waals surface area (Å²) in [6, 6.07) is 10.1. The Morgan fingerprint density at radius 1 is 1.12 bits per heavy atom. The van der Waals surface area contributed by atoms with Gasteiger partial charge in [0.1, 0.15) is 5.56 Å². The molecule has 0 unspecified atom stereocenters. The molecule has 4 rings (SSSR count). The van der Waals surface area contributed by atoms with E-state index in [2.05, 4.69) is 0 Å². The number of amides is 3. The van der Waals surface area contributed by atoms with Crippen LogP contribution in [0.5, 0.6) is 0 Å². The van der Waals surface area contributed by atoms with Crippen LogP contribution in [0.3, 0.4) is 0 Å². The normalized spacial score (nSPS) is 22.3. The molecule has 0 radical (unpaired) electrons. The molecular formula is C23H21Cl2N3O5. The van der Waals surface area contributed by atoms with Crippen LogP contribution in [0.25, 0.3) is 0 Å². The molecular weight excluding hydrogens is 469 g/mol. The lowest BCUT2D eigenvalue weighted by Gasteiger charge is -2.31. The number of rotatable bonds is 5. The lowest BCUT2D eigenvalue weighted by Crippen LogP contribution is -2.50. The summed E-state index contributed by atoms with van der Waals surface area (Å²) in [7, 11) is 0. The van der Waals surface area contributed by atoms with Crippen molar-refractivity contribution in [3.63, 3.8) is 0 Å². The Morgan fingerprint density at radius 2 is 1.82 bits per heavy atom. The first-order valence-electron chi connectivity index (χ1n) is 10.6. The SMILES string of the molecule is C[C@@H]1CC[C@H]2C(=O)N(N(Cc3ccc(Cl)cc3Cl)C(=O)c3ccccc3[N+](=O)[O-])C(=O)[C@H]2C1. The van der Waals surface area contributed by atoms with E-state index in [0.29, 0.717) is 23.4 Å². The van der Waals surface area contributed by atoms with Crippen LogP contribution in [0, 0.1) is 27.9 Å². The molecule has 2 fully saturated rings. The first-order valence-corrected chi connectivity index (χ1v) is 11.3. The second-order valence-corrected chi connectivity index (χ2v) is 9.34. The number of carbonyl (C=O) groups excluding carboxylic acids is 3. The smallest absolute Gasteiger partial charge is 0.272 e. The Hall–Kier alpha value is -2.97. The van der Waals surface area contributed by atoms with Gasteiger partial charge in [0.05, 0.1) is 23.3 Å². The van der Waals surface area contributed by atoms with Gasteiger partial charge in [-0.3, -0.25) is 24.5 Å². The zero-order valence-electron chi connectivity index (χ0n) is 17.7. The predicted molar refractivity (Wildman–Crippen MR) is 121 cm³/mol. The number of hydrogen-bond acceptors (Lipinski definition) is 5. The van der Waals surface area contributed by atoms with E-state index in [4.69, 9.17) is 23.2 Å². The van der Waals surface area contributed by atoms with Crippen LogP contribution in [0.2, 0.25) is 10.0 Å². The summed E-state index contributed by atoms with van der Waals surface area (Å²) >= 11 is 12.3. The molecule has 10 heteroatoms. The molecule has 2 aliphatic rings. The highest BCUT2D eigenvalue weighted by Gasteiger charge is 2.52. The molecule has 2 aromatic rings. The number of fused-ring (bicyclic) bond motifs is 1. The standard InChI is InChI=1S/C23H21Cl2N3O5/c1-13-6-9-16-18(10-13)23(31)27(22(16)30)26(12-14-7-8-15(24)11-19(14)25)21(29)17-4-2-3-5-20(17)28(32)33/h2-5,7-8,11,13,16,18H,6,9-10,12H2,1H3/t13-,16-,18+/m1/s1. The topological polar surface area (TPSA) is 101 Å². The fraction of sp³-hybridized carbons (Fsp3) is 0.348. The second-order valence-electron chi connectivity index (χ2n) is 8.49. The summed E-state index contributed by atoms with van der Waals surface area (Å²) < 4.78 is 0. The summed E-state index contributed by atoms with van der Waals surface area (Å²) in [6.45, 7) is 1.80. The minimum absolute atomic E-state index is 0.226. The third-order valence-electron chi connectivity index (χ3n) is 6.31. The summed E-state index contributed by atoms with van der Waals surface area (Å²) in [5.41, 5.74) is -0.201. The van der Waals surface area contributed by atoms with Gasteiger partial charge in [-0.1, -0.05) is 48.3 Å². The Labute approximate surface area is 200 Å². The van der Waals surface area contributed by atoms with Gasteiger partial charge in [-0.25, -0.2) is 5.01 Å². The molecule has 33 heavy (non-hydrogen) atoms. The number of nitrogens with zero attached hydrogens (tertiary/aromatic N) is 3. The van der Waals surface area contributed by atoms with Gasteiger partial charge in [-0.2, -0.15) is 5.01 Å². The Kier molecular flexibility index (Phi) is 6.41. The van der Waals surface area contributed by atoms with Gasteiger partial charge in [0.15, 0.2) is 0 Å². The van der Waals surface area contributed by atoms with Crippen LogP contribution >= 0.6 is 23.2 Å². The molecule has 3 atom stereocenters. The first-order chi connectivity index (χ1) is 15.7. The van der Waals surface area contributed by atoms with Crippen LogP contribution < -0.4 is 0 Å². The largest absolute Gasteiger partial charge is 0.282 e. The molecule has 1 saturated carbocycles. The molecule has 8 nitrogen and oxygen atoms in total. The average Bonchev–Trinajstić information content (AvgIpc) is 3.02. The van der Waals surface area contributed by atoms with E-state index in [1.165, 1.54) is 30.3 Å². The van der Waals surface area contributed by atoms with Crippen LogP contribution in [0.15, 0.2) is 42.5 Å². The maximum Gasteiger partial charge on any atom is 0.282 e. The molecule has 2 aromatic carbocycles. The highest BCUT2D eigenvalue weighted by molar-refractivity contribution is 6.35. The molecule has 1 aliphatic carbocycles. The van der Waals surface area contributed by atoms with Gasteiger partial charge in [0.25, 0.3) is 23.4 Å². The maximum absolute atomic E-state index is 13.6. The van der Waals surface area contributed by atoms with E-state index in [9.17, 15) is 24.5 Å².